The summed E-state index contributed by atoms with van der Waals surface area (Å²) in [6.07, 6.45) is -1.91. The molecule has 0 bridgehead atoms. The number of aryl methyl sites for hydroxylation is 1. The van der Waals surface area contributed by atoms with Crippen LogP contribution in [0.2, 0.25) is 0 Å². The third-order valence-corrected chi connectivity index (χ3v) is 7.05. The number of ether oxygens (including phenoxy) is 1. The first-order chi connectivity index (χ1) is 14.9. The number of fused-ring (bicyclic) bond motifs is 1. The van der Waals surface area contributed by atoms with E-state index in [0.29, 0.717) is 11.4 Å². The molecule has 32 heavy (non-hydrogen) atoms. The lowest BCUT2D eigenvalue weighted by Crippen LogP contribution is -2.48. The summed E-state index contributed by atoms with van der Waals surface area (Å²) in [5, 5.41) is 18.3. The van der Waals surface area contributed by atoms with Crippen LogP contribution in [-0.4, -0.2) is 54.5 Å². The predicted molar refractivity (Wildman–Crippen MR) is 118 cm³/mol. The van der Waals surface area contributed by atoms with Crippen LogP contribution in [0, 0.1) is 13.8 Å². The second kappa shape index (κ2) is 8.69. The van der Waals surface area contributed by atoms with Crippen LogP contribution in [0.5, 0.6) is 5.75 Å². The first-order valence-electron chi connectivity index (χ1n) is 10.0. The van der Waals surface area contributed by atoms with Crippen LogP contribution in [0.25, 0.3) is 0 Å². The fourth-order valence-corrected chi connectivity index (χ4v) is 5.60. The average Bonchev–Trinajstić information content (AvgIpc) is 3.00. The zero-order valence-corrected chi connectivity index (χ0v) is 19.4. The van der Waals surface area contributed by atoms with Gasteiger partial charge in [-0.3, -0.25) is 19.1 Å². The molecule has 0 spiro atoms. The highest BCUT2D eigenvalue weighted by Gasteiger charge is 2.38. The van der Waals surface area contributed by atoms with Gasteiger partial charge in [-0.2, -0.15) is 5.10 Å². The molecule has 1 atom stereocenters. The average molecular weight is 466 g/mol. The van der Waals surface area contributed by atoms with Crippen LogP contribution < -0.4 is 19.7 Å². The topological polar surface area (TPSA) is 143 Å². The number of benzene rings is 1. The summed E-state index contributed by atoms with van der Waals surface area (Å²) in [6, 6.07) is 4.35. The zero-order chi connectivity index (χ0) is 23.8. The van der Waals surface area contributed by atoms with Gasteiger partial charge in [-0.15, -0.1) is 0 Å². The number of aromatic nitrogens is 2. The molecule has 1 aromatic carbocycles. The molecule has 3 N–H and O–H groups in total. The quantitative estimate of drug-likeness (QED) is 0.594. The predicted octanol–water partition coefficient (Wildman–Crippen LogP) is 2.26. The highest BCUT2D eigenvalue weighted by Crippen LogP contribution is 2.40. The molecular weight excluding hydrogens is 438 g/mol. The van der Waals surface area contributed by atoms with E-state index in [9.17, 15) is 18.0 Å². The fraction of sp³-hybridized carbons (Fsp3) is 0.450. The van der Waals surface area contributed by atoms with Crippen LogP contribution in [0.1, 0.15) is 38.2 Å². The lowest BCUT2D eigenvalue weighted by atomic mass is 10.2. The number of nitrogens with zero attached hydrogens (tertiary/aromatic N) is 3. The molecule has 0 aliphatic carbocycles. The molecular formula is C20H27N5O6S. The van der Waals surface area contributed by atoms with Crippen molar-refractivity contribution in [2.24, 2.45) is 0 Å². The van der Waals surface area contributed by atoms with Gasteiger partial charge in [0.1, 0.15) is 16.7 Å². The Hall–Kier alpha value is -3.28. The van der Waals surface area contributed by atoms with Gasteiger partial charge in [-0.1, -0.05) is 0 Å². The molecule has 0 saturated carbocycles. The standard InChI is InChI=1S/C20H27N5O6S/c1-11(2)25-13(4)19(12(3)23-25)32(29,30)24-10-16(9-21-14(5)26)31-18-7-6-15(8-17(18)24)22-20(27)28/h6-8,11,16,22H,9-10H2,1-5H3,(H,21,26)(H,27,28). The second-order valence-corrected chi connectivity index (χ2v) is 9.66. The van der Waals surface area contributed by atoms with Gasteiger partial charge >= 0.3 is 6.09 Å². The second-order valence-electron chi connectivity index (χ2n) is 7.86. The first kappa shape index (κ1) is 23.4. The van der Waals surface area contributed by atoms with Crippen molar-refractivity contribution in [3.8, 4) is 5.75 Å². The minimum absolute atomic E-state index is 0.0338. The van der Waals surface area contributed by atoms with E-state index >= 15 is 0 Å². The van der Waals surface area contributed by atoms with Gasteiger partial charge in [-0.05, 0) is 45.9 Å². The molecule has 2 aromatic rings. The maximum Gasteiger partial charge on any atom is 0.409 e. The molecule has 12 heteroatoms. The van der Waals surface area contributed by atoms with Gasteiger partial charge in [0.2, 0.25) is 5.91 Å². The monoisotopic (exact) mass is 465 g/mol. The molecule has 0 saturated heterocycles. The van der Waals surface area contributed by atoms with Crippen LogP contribution in [0.4, 0.5) is 16.2 Å². The molecule has 0 radical (unpaired) electrons. The molecule has 2 amide bonds. The summed E-state index contributed by atoms with van der Waals surface area (Å²) in [5.41, 5.74) is 1.27. The third kappa shape index (κ3) is 4.49. The van der Waals surface area contributed by atoms with E-state index in [1.54, 1.807) is 18.5 Å². The SMILES string of the molecule is CC(=O)NCC1CN(S(=O)(=O)c2c(C)nn(C(C)C)c2C)c2cc(NC(=O)O)ccc2O1. The van der Waals surface area contributed by atoms with Crippen LogP contribution in [-0.2, 0) is 14.8 Å². The molecule has 1 unspecified atom stereocenters. The van der Waals surface area contributed by atoms with E-state index in [-0.39, 0.29) is 47.1 Å². The van der Waals surface area contributed by atoms with Crippen molar-refractivity contribution >= 4 is 33.4 Å². The van der Waals surface area contributed by atoms with Crippen molar-refractivity contribution in [3.05, 3.63) is 29.6 Å². The Morgan fingerprint density at radius 2 is 2.00 bits per heavy atom. The number of hydrogen-bond donors (Lipinski definition) is 3. The molecule has 2 heterocycles. The smallest absolute Gasteiger partial charge is 0.409 e. The Kier molecular flexibility index (Phi) is 6.35. The molecule has 1 aliphatic rings. The number of amides is 2. The highest BCUT2D eigenvalue weighted by atomic mass is 32.2. The number of nitrogens with one attached hydrogen (secondary N) is 2. The summed E-state index contributed by atoms with van der Waals surface area (Å²) in [4.78, 5) is 22.5. The van der Waals surface area contributed by atoms with Crippen molar-refractivity contribution in [2.75, 3.05) is 22.7 Å². The van der Waals surface area contributed by atoms with E-state index < -0.39 is 22.2 Å². The summed E-state index contributed by atoms with van der Waals surface area (Å²) < 4.78 is 36.4. The molecule has 174 valence electrons. The van der Waals surface area contributed by atoms with Gasteiger partial charge in [0.05, 0.1) is 30.2 Å². The van der Waals surface area contributed by atoms with Crippen molar-refractivity contribution < 1.29 is 27.9 Å². The minimum atomic E-state index is -4.08. The molecule has 1 aromatic heterocycles. The molecule has 3 rings (SSSR count). The highest BCUT2D eigenvalue weighted by molar-refractivity contribution is 7.93. The van der Waals surface area contributed by atoms with Crippen LogP contribution in [0.15, 0.2) is 23.1 Å². The normalized spacial score (nSPS) is 15.8. The van der Waals surface area contributed by atoms with E-state index in [4.69, 9.17) is 9.84 Å². The van der Waals surface area contributed by atoms with Crippen molar-refractivity contribution in [2.45, 2.75) is 51.7 Å². The lowest BCUT2D eigenvalue weighted by molar-refractivity contribution is -0.119. The van der Waals surface area contributed by atoms with Crippen molar-refractivity contribution in [1.29, 1.82) is 0 Å². The number of carbonyl (C=O) groups is 2. The summed E-state index contributed by atoms with van der Waals surface area (Å²) in [6.45, 7) is 8.56. The Morgan fingerprint density at radius 3 is 2.56 bits per heavy atom. The largest absolute Gasteiger partial charge is 0.484 e. The summed E-state index contributed by atoms with van der Waals surface area (Å²) in [7, 11) is -4.08. The zero-order valence-electron chi connectivity index (χ0n) is 18.5. The first-order valence-corrected chi connectivity index (χ1v) is 11.5. The molecule has 1 aliphatic heterocycles. The van der Waals surface area contributed by atoms with Crippen LogP contribution >= 0.6 is 0 Å². The van der Waals surface area contributed by atoms with Gasteiger partial charge in [0, 0.05) is 18.7 Å². The number of rotatable bonds is 6. The number of carbonyl (C=O) groups excluding carboxylic acids is 1. The number of sulfonamides is 1. The van der Waals surface area contributed by atoms with E-state index in [1.165, 1.54) is 29.4 Å². The fourth-order valence-electron chi connectivity index (χ4n) is 3.74. The number of hydrogen-bond acceptors (Lipinski definition) is 6. The Bertz CT molecular complexity index is 1160. The number of anilines is 2. The maximum absolute atomic E-state index is 13.8. The van der Waals surface area contributed by atoms with Crippen molar-refractivity contribution in [3.63, 3.8) is 0 Å². The van der Waals surface area contributed by atoms with Gasteiger partial charge in [0.25, 0.3) is 10.0 Å². The van der Waals surface area contributed by atoms with Crippen LogP contribution in [0.3, 0.4) is 0 Å². The van der Waals surface area contributed by atoms with Gasteiger partial charge < -0.3 is 15.2 Å². The molecule has 0 fully saturated rings. The number of carboxylic acid groups (broad SMARTS) is 1. The third-order valence-electron chi connectivity index (χ3n) is 5.02. The maximum atomic E-state index is 13.8. The van der Waals surface area contributed by atoms with Gasteiger partial charge in [-0.25, -0.2) is 13.2 Å². The van der Waals surface area contributed by atoms with E-state index in [0.717, 1.165) is 0 Å². The summed E-state index contributed by atoms with van der Waals surface area (Å²) in [5.74, 6) is -0.00242. The summed E-state index contributed by atoms with van der Waals surface area (Å²) >= 11 is 0. The Labute approximate surface area is 186 Å². The molecule has 11 nitrogen and oxygen atoms in total. The van der Waals surface area contributed by atoms with E-state index in [1.807, 2.05) is 13.8 Å². The van der Waals surface area contributed by atoms with Gasteiger partial charge in [0.15, 0.2) is 0 Å². The lowest BCUT2D eigenvalue weighted by Gasteiger charge is -2.35. The Morgan fingerprint density at radius 1 is 1.31 bits per heavy atom. The minimum Gasteiger partial charge on any atom is -0.484 e. The Balaban J connectivity index is 2.12. The van der Waals surface area contributed by atoms with E-state index in [2.05, 4.69) is 15.7 Å². The van der Waals surface area contributed by atoms with Crippen molar-refractivity contribution in [1.82, 2.24) is 15.1 Å².